The van der Waals surface area contributed by atoms with Crippen molar-refractivity contribution >= 4 is 11.8 Å². The lowest BCUT2D eigenvalue weighted by Crippen LogP contribution is -2.41. The lowest BCUT2D eigenvalue weighted by Gasteiger charge is -2.33. The first-order chi connectivity index (χ1) is 13.0. The van der Waals surface area contributed by atoms with E-state index in [2.05, 4.69) is 14.9 Å². The van der Waals surface area contributed by atoms with Crippen LogP contribution in [0.2, 0.25) is 0 Å². The number of carbonyl (C=O) groups is 2. The minimum atomic E-state index is -0.164. The van der Waals surface area contributed by atoms with Crippen LogP contribution in [0.15, 0.2) is 22.9 Å². The lowest BCUT2D eigenvalue weighted by molar-refractivity contribution is -0.121. The number of amides is 2. The summed E-state index contributed by atoms with van der Waals surface area (Å²) in [5.41, 5.74) is 1.60. The fourth-order valence-electron chi connectivity index (χ4n) is 4.15. The first-order valence-corrected chi connectivity index (χ1v) is 9.73. The molecule has 1 aliphatic carbocycles. The van der Waals surface area contributed by atoms with E-state index in [9.17, 15) is 9.59 Å². The number of fused-ring (bicyclic) bond motifs is 1. The number of nitrogens with zero attached hydrogens (tertiary/aromatic N) is 3. The van der Waals surface area contributed by atoms with Crippen molar-refractivity contribution < 1.29 is 14.0 Å². The van der Waals surface area contributed by atoms with Gasteiger partial charge in [0, 0.05) is 30.9 Å². The van der Waals surface area contributed by atoms with Gasteiger partial charge in [-0.05, 0) is 32.8 Å². The molecule has 2 aromatic rings. The summed E-state index contributed by atoms with van der Waals surface area (Å²) >= 11 is 0. The molecule has 27 heavy (non-hydrogen) atoms. The molecule has 3 heterocycles. The van der Waals surface area contributed by atoms with Crippen LogP contribution in [-0.4, -0.2) is 38.9 Å². The second-order valence-corrected chi connectivity index (χ2v) is 7.62. The molecule has 1 N–H and O–H groups in total. The highest BCUT2D eigenvalue weighted by molar-refractivity contribution is 5.93. The van der Waals surface area contributed by atoms with Crippen LogP contribution in [0.5, 0.6) is 0 Å². The summed E-state index contributed by atoms with van der Waals surface area (Å²) in [6, 6.07) is 1.95. The molecule has 2 aliphatic rings. The normalized spacial score (nSPS) is 19.9. The molecule has 0 bridgehead atoms. The Morgan fingerprint density at radius 2 is 2.07 bits per heavy atom. The number of furan rings is 1. The number of hydrogen-bond donors (Lipinski definition) is 1. The molecular weight excluding hydrogens is 344 g/mol. The molecule has 144 valence electrons. The van der Waals surface area contributed by atoms with E-state index in [1.165, 1.54) is 12.8 Å². The standard InChI is InChI=1S/C20H26N4O3/c1-13-7-10-27-18(13)20(26)24-9-8-23-12-16(22-19(23)14(24)2)11-17(25)21-15-5-3-4-6-15/h7,10,12,14-15H,3-6,8-9,11H2,1-2H3,(H,21,25). The molecule has 1 aliphatic heterocycles. The van der Waals surface area contributed by atoms with Gasteiger partial charge in [0.05, 0.1) is 24.4 Å². The predicted molar refractivity (Wildman–Crippen MR) is 99.2 cm³/mol. The Balaban J connectivity index is 1.45. The number of aromatic nitrogens is 2. The Labute approximate surface area is 158 Å². The number of rotatable bonds is 4. The van der Waals surface area contributed by atoms with E-state index < -0.39 is 0 Å². The van der Waals surface area contributed by atoms with Gasteiger partial charge in [-0.15, -0.1) is 0 Å². The molecule has 2 amide bonds. The molecule has 2 aromatic heterocycles. The van der Waals surface area contributed by atoms with E-state index in [0.717, 1.165) is 29.9 Å². The highest BCUT2D eigenvalue weighted by Crippen LogP contribution is 2.27. The quantitative estimate of drug-likeness (QED) is 0.897. The van der Waals surface area contributed by atoms with Crippen molar-refractivity contribution in [1.29, 1.82) is 0 Å². The van der Waals surface area contributed by atoms with Crippen LogP contribution in [0, 0.1) is 6.92 Å². The third kappa shape index (κ3) is 3.50. The maximum absolute atomic E-state index is 12.8. The van der Waals surface area contributed by atoms with Crippen LogP contribution < -0.4 is 5.32 Å². The van der Waals surface area contributed by atoms with Crippen molar-refractivity contribution in [3.63, 3.8) is 0 Å². The van der Waals surface area contributed by atoms with E-state index >= 15 is 0 Å². The molecule has 1 unspecified atom stereocenters. The van der Waals surface area contributed by atoms with Crippen molar-refractivity contribution in [3.8, 4) is 0 Å². The number of aryl methyl sites for hydroxylation is 1. The van der Waals surface area contributed by atoms with Gasteiger partial charge in [0.2, 0.25) is 5.91 Å². The van der Waals surface area contributed by atoms with E-state index in [0.29, 0.717) is 24.9 Å². The van der Waals surface area contributed by atoms with Gasteiger partial charge < -0.3 is 19.2 Å². The molecule has 0 aromatic carbocycles. The zero-order chi connectivity index (χ0) is 19.0. The van der Waals surface area contributed by atoms with Crippen molar-refractivity contribution in [1.82, 2.24) is 19.8 Å². The number of imidazole rings is 1. The van der Waals surface area contributed by atoms with Crippen molar-refractivity contribution in [2.45, 2.75) is 64.6 Å². The van der Waals surface area contributed by atoms with Crippen LogP contribution >= 0.6 is 0 Å². The zero-order valence-electron chi connectivity index (χ0n) is 15.9. The first kappa shape index (κ1) is 17.8. The number of nitrogens with one attached hydrogen (secondary N) is 1. The molecule has 7 nitrogen and oxygen atoms in total. The smallest absolute Gasteiger partial charge is 0.290 e. The summed E-state index contributed by atoms with van der Waals surface area (Å²) < 4.78 is 7.42. The largest absolute Gasteiger partial charge is 0.459 e. The fourth-order valence-corrected chi connectivity index (χ4v) is 4.15. The van der Waals surface area contributed by atoms with Gasteiger partial charge in [-0.25, -0.2) is 4.98 Å². The summed E-state index contributed by atoms with van der Waals surface area (Å²) in [4.78, 5) is 31.6. The lowest BCUT2D eigenvalue weighted by atomic mass is 10.1. The monoisotopic (exact) mass is 370 g/mol. The van der Waals surface area contributed by atoms with Gasteiger partial charge in [-0.2, -0.15) is 0 Å². The third-order valence-electron chi connectivity index (χ3n) is 5.66. The van der Waals surface area contributed by atoms with Gasteiger partial charge in [-0.3, -0.25) is 9.59 Å². The SMILES string of the molecule is Cc1ccoc1C(=O)N1CCn2cc(CC(=O)NC3CCCC3)nc2C1C. The fraction of sp³-hybridized carbons (Fsp3) is 0.550. The van der Waals surface area contributed by atoms with Gasteiger partial charge in [0.1, 0.15) is 5.82 Å². The molecular formula is C20H26N4O3. The maximum atomic E-state index is 12.8. The number of hydrogen-bond acceptors (Lipinski definition) is 4. The predicted octanol–water partition coefficient (Wildman–Crippen LogP) is 2.60. The van der Waals surface area contributed by atoms with Gasteiger partial charge in [0.15, 0.2) is 5.76 Å². The topological polar surface area (TPSA) is 80.4 Å². The molecule has 0 spiro atoms. The van der Waals surface area contributed by atoms with E-state index in [-0.39, 0.29) is 24.3 Å². The Bertz CT molecular complexity index is 847. The van der Waals surface area contributed by atoms with E-state index in [1.54, 1.807) is 17.2 Å². The summed E-state index contributed by atoms with van der Waals surface area (Å²) in [7, 11) is 0. The molecule has 4 rings (SSSR count). The molecule has 0 radical (unpaired) electrons. The Kier molecular flexibility index (Phi) is 4.76. The average molecular weight is 370 g/mol. The molecule has 0 saturated heterocycles. The minimum absolute atomic E-state index is 0.0316. The van der Waals surface area contributed by atoms with Crippen LogP contribution in [0.25, 0.3) is 0 Å². The van der Waals surface area contributed by atoms with E-state index in [4.69, 9.17) is 4.42 Å². The molecule has 1 saturated carbocycles. The Morgan fingerprint density at radius 3 is 2.78 bits per heavy atom. The zero-order valence-corrected chi connectivity index (χ0v) is 15.9. The van der Waals surface area contributed by atoms with Crippen molar-refractivity contribution in [2.75, 3.05) is 6.54 Å². The summed E-state index contributed by atoms with van der Waals surface area (Å²) in [5, 5.41) is 3.11. The molecule has 1 atom stereocenters. The van der Waals surface area contributed by atoms with Crippen LogP contribution in [0.1, 0.15) is 66.3 Å². The molecule has 7 heteroatoms. The van der Waals surface area contributed by atoms with Crippen LogP contribution in [-0.2, 0) is 17.8 Å². The highest BCUT2D eigenvalue weighted by Gasteiger charge is 2.32. The second kappa shape index (κ2) is 7.21. The average Bonchev–Trinajstić information content (AvgIpc) is 3.36. The molecule has 1 fully saturated rings. The van der Waals surface area contributed by atoms with Gasteiger partial charge in [0.25, 0.3) is 5.91 Å². The first-order valence-electron chi connectivity index (χ1n) is 9.73. The summed E-state index contributed by atoms with van der Waals surface area (Å²) in [6.07, 6.45) is 8.31. The van der Waals surface area contributed by atoms with Crippen molar-refractivity contribution in [2.24, 2.45) is 0 Å². The highest BCUT2D eigenvalue weighted by atomic mass is 16.3. The second-order valence-electron chi connectivity index (χ2n) is 7.62. The van der Waals surface area contributed by atoms with Crippen LogP contribution in [0.4, 0.5) is 0 Å². The Morgan fingerprint density at radius 1 is 1.30 bits per heavy atom. The van der Waals surface area contributed by atoms with Crippen molar-refractivity contribution in [3.05, 3.63) is 41.4 Å². The summed E-state index contributed by atoms with van der Waals surface area (Å²) in [5.74, 6) is 1.13. The number of carbonyl (C=O) groups excluding carboxylic acids is 2. The summed E-state index contributed by atoms with van der Waals surface area (Å²) in [6.45, 7) is 5.10. The third-order valence-corrected chi connectivity index (χ3v) is 5.66. The maximum Gasteiger partial charge on any atom is 0.290 e. The minimum Gasteiger partial charge on any atom is -0.459 e. The van der Waals surface area contributed by atoms with Gasteiger partial charge in [-0.1, -0.05) is 12.8 Å². The Hall–Kier alpha value is -2.57. The van der Waals surface area contributed by atoms with E-state index in [1.807, 2.05) is 20.0 Å². The van der Waals surface area contributed by atoms with Gasteiger partial charge >= 0.3 is 0 Å². The van der Waals surface area contributed by atoms with Crippen LogP contribution in [0.3, 0.4) is 0 Å².